The number of halogens is 2. The molecule has 136 valence electrons. The first-order valence-corrected chi connectivity index (χ1v) is 11.2. The Balaban J connectivity index is 2.16. The van der Waals surface area contributed by atoms with Gasteiger partial charge in [0.1, 0.15) is 25.0 Å². The van der Waals surface area contributed by atoms with E-state index in [1.807, 2.05) is 19.1 Å². The monoisotopic (exact) mass is 409 g/mol. The quantitative estimate of drug-likeness (QED) is 0.596. The molecule has 0 aliphatic rings. The third-order valence-electron chi connectivity index (χ3n) is 4.03. The molecule has 1 N–H and O–H groups in total. The molecule has 0 bridgehead atoms. The highest BCUT2D eigenvalue weighted by molar-refractivity contribution is 7.70. The van der Waals surface area contributed by atoms with Crippen LogP contribution in [0.4, 0.5) is 11.5 Å². The lowest BCUT2D eigenvalue weighted by Gasteiger charge is -2.15. The number of anilines is 2. The molecule has 26 heavy (non-hydrogen) atoms. The lowest BCUT2D eigenvalue weighted by Crippen LogP contribution is -2.09. The zero-order valence-corrected chi connectivity index (χ0v) is 17.2. The van der Waals surface area contributed by atoms with Crippen molar-refractivity contribution in [1.82, 2.24) is 9.97 Å². The van der Waals surface area contributed by atoms with Crippen molar-refractivity contribution in [2.24, 2.45) is 0 Å². The molecule has 1 aromatic heterocycles. The fraction of sp³-hybridized carbons (Fsp3) is 0.222. The van der Waals surface area contributed by atoms with Gasteiger partial charge in [-0.2, -0.15) is 0 Å². The fourth-order valence-electron chi connectivity index (χ4n) is 2.78. The van der Waals surface area contributed by atoms with E-state index >= 15 is 0 Å². The van der Waals surface area contributed by atoms with Gasteiger partial charge >= 0.3 is 0 Å². The summed E-state index contributed by atoms with van der Waals surface area (Å²) in [4.78, 5) is 8.65. The van der Waals surface area contributed by atoms with Crippen molar-refractivity contribution in [3.8, 4) is 5.75 Å². The predicted molar refractivity (Wildman–Crippen MR) is 110 cm³/mol. The van der Waals surface area contributed by atoms with Crippen LogP contribution in [0.25, 0.3) is 10.9 Å². The maximum atomic E-state index is 12.6. The Bertz CT molecular complexity index is 1050. The smallest absolute Gasteiger partial charge is 0.141 e. The van der Waals surface area contributed by atoms with E-state index in [-0.39, 0.29) is 0 Å². The highest BCUT2D eigenvalue weighted by Gasteiger charge is 2.17. The van der Waals surface area contributed by atoms with E-state index in [1.54, 1.807) is 25.5 Å². The minimum absolute atomic E-state index is 0.423. The van der Waals surface area contributed by atoms with Crippen LogP contribution in [0.2, 0.25) is 10.0 Å². The van der Waals surface area contributed by atoms with Gasteiger partial charge in [0.05, 0.1) is 28.4 Å². The Morgan fingerprint density at radius 2 is 1.81 bits per heavy atom. The van der Waals surface area contributed by atoms with Gasteiger partial charge in [0.2, 0.25) is 0 Å². The van der Waals surface area contributed by atoms with Gasteiger partial charge in [-0.15, -0.1) is 0 Å². The molecule has 0 fully saturated rings. The summed E-state index contributed by atoms with van der Waals surface area (Å²) in [6.45, 7) is 5.43. The summed E-state index contributed by atoms with van der Waals surface area (Å²) in [5.41, 5.74) is 2.31. The maximum Gasteiger partial charge on any atom is 0.141 e. The van der Waals surface area contributed by atoms with E-state index < -0.39 is 7.14 Å². The highest BCUT2D eigenvalue weighted by Crippen LogP contribution is 2.39. The maximum absolute atomic E-state index is 12.6. The third-order valence-corrected chi connectivity index (χ3v) is 6.28. The van der Waals surface area contributed by atoms with Gasteiger partial charge in [-0.05, 0) is 44.0 Å². The van der Waals surface area contributed by atoms with Gasteiger partial charge in [-0.1, -0.05) is 23.2 Å². The molecule has 3 rings (SSSR count). The summed E-state index contributed by atoms with van der Waals surface area (Å²) in [6, 6.07) is 7.11. The fourth-order valence-corrected chi connectivity index (χ4v) is 4.65. The Morgan fingerprint density at radius 3 is 2.46 bits per heavy atom. The van der Waals surface area contributed by atoms with Gasteiger partial charge < -0.3 is 14.6 Å². The minimum atomic E-state index is -2.44. The normalized spacial score (nSPS) is 11.6. The van der Waals surface area contributed by atoms with Crippen LogP contribution in [0.3, 0.4) is 0 Å². The molecule has 0 unspecified atom stereocenters. The molecular formula is C18H18Cl2N3O2P. The number of nitrogens with one attached hydrogen (secondary N) is 1. The highest BCUT2D eigenvalue weighted by atomic mass is 35.5. The second-order valence-corrected chi connectivity index (χ2v) is 10.3. The van der Waals surface area contributed by atoms with Crippen LogP contribution >= 0.6 is 30.3 Å². The number of ether oxygens (including phenoxy) is 1. The Morgan fingerprint density at radius 1 is 1.08 bits per heavy atom. The van der Waals surface area contributed by atoms with Crippen molar-refractivity contribution in [3.05, 3.63) is 46.2 Å². The van der Waals surface area contributed by atoms with Crippen LogP contribution in [0.5, 0.6) is 5.75 Å². The number of aromatic nitrogens is 2. The average Bonchev–Trinajstić information content (AvgIpc) is 2.55. The summed E-state index contributed by atoms with van der Waals surface area (Å²) < 4.78 is 17.9. The number of aryl methyl sites for hydroxylation is 1. The molecule has 2 aromatic carbocycles. The van der Waals surface area contributed by atoms with Crippen molar-refractivity contribution in [2.45, 2.75) is 6.92 Å². The molecule has 0 spiro atoms. The average molecular weight is 410 g/mol. The van der Waals surface area contributed by atoms with Crippen LogP contribution in [0.1, 0.15) is 5.56 Å². The van der Waals surface area contributed by atoms with Gasteiger partial charge in [-0.3, -0.25) is 0 Å². The molecule has 0 saturated carbocycles. The van der Waals surface area contributed by atoms with Gasteiger partial charge in [0.15, 0.2) is 0 Å². The first-order valence-electron chi connectivity index (χ1n) is 7.81. The molecule has 5 nitrogen and oxygen atoms in total. The summed E-state index contributed by atoms with van der Waals surface area (Å²) in [6.07, 6.45) is 1.47. The number of benzene rings is 2. The lowest BCUT2D eigenvalue weighted by molar-refractivity contribution is 0.415. The van der Waals surface area contributed by atoms with E-state index in [0.717, 1.165) is 21.8 Å². The first-order chi connectivity index (χ1) is 12.2. The van der Waals surface area contributed by atoms with Crippen LogP contribution in [0.15, 0.2) is 30.6 Å². The molecule has 0 saturated heterocycles. The first kappa shape index (κ1) is 19.0. The van der Waals surface area contributed by atoms with Crippen molar-refractivity contribution in [3.63, 3.8) is 0 Å². The summed E-state index contributed by atoms with van der Waals surface area (Å²) in [7, 11) is -0.902. The second kappa shape index (κ2) is 7.07. The lowest BCUT2D eigenvalue weighted by atomic mass is 10.1. The van der Waals surface area contributed by atoms with E-state index in [1.165, 1.54) is 13.4 Å². The molecule has 3 aromatic rings. The van der Waals surface area contributed by atoms with Gasteiger partial charge in [-0.25, -0.2) is 9.97 Å². The van der Waals surface area contributed by atoms with Crippen molar-refractivity contribution < 1.29 is 9.30 Å². The van der Waals surface area contributed by atoms with Crippen LogP contribution in [-0.4, -0.2) is 30.4 Å². The topological polar surface area (TPSA) is 64.1 Å². The molecule has 1 heterocycles. The number of nitrogens with zero attached hydrogens (tertiary/aromatic N) is 2. The van der Waals surface area contributed by atoms with E-state index in [0.29, 0.717) is 27.3 Å². The molecule has 0 amide bonds. The van der Waals surface area contributed by atoms with Gasteiger partial charge in [0.25, 0.3) is 0 Å². The zero-order valence-electron chi connectivity index (χ0n) is 14.8. The standard InChI is InChI=1S/C18H18Cl2N3O2P/c1-10-5-14-11(6-17(10)26(3,4)24)18(22-9-21-14)23-15-8-16(25-2)13(20)7-12(15)19/h5-9H,1-4H3,(H,21,22,23). The molecule has 8 heteroatoms. The third kappa shape index (κ3) is 3.66. The second-order valence-electron chi connectivity index (χ2n) is 6.32. The number of rotatable bonds is 4. The van der Waals surface area contributed by atoms with Crippen LogP contribution < -0.4 is 15.4 Å². The zero-order chi connectivity index (χ0) is 19.1. The Kier molecular flexibility index (Phi) is 5.16. The molecular weight excluding hydrogens is 392 g/mol. The van der Waals surface area contributed by atoms with Crippen molar-refractivity contribution >= 4 is 58.1 Å². The van der Waals surface area contributed by atoms with Crippen molar-refractivity contribution in [1.29, 1.82) is 0 Å². The predicted octanol–water partition coefficient (Wildman–Crippen LogP) is 5.25. The number of methoxy groups -OCH3 is 1. The van der Waals surface area contributed by atoms with Crippen LogP contribution in [-0.2, 0) is 4.57 Å². The summed E-state index contributed by atoms with van der Waals surface area (Å²) in [5, 5.41) is 5.64. The molecule has 0 aliphatic carbocycles. The molecule has 0 aliphatic heterocycles. The Hall–Kier alpha value is -1.81. The van der Waals surface area contributed by atoms with E-state index in [9.17, 15) is 4.57 Å². The van der Waals surface area contributed by atoms with Crippen molar-refractivity contribution in [2.75, 3.05) is 25.8 Å². The van der Waals surface area contributed by atoms with E-state index in [4.69, 9.17) is 27.9 Å². The van der Waals surface area contributed by atoms with E-state index in [2.05, 4.69) is 15.3 Å². The number of hydrogen-bond donors (Lipinski definition) is 1. The number of fused-ring (bicyclic) bond motifs is 1. The molecule has 0 radical (unpaired) electrons. The molecule has 0 atom stereocenters. The summed E-state index contributed by atoms with van der Waals surface area (Å²) >= 11 is 12.4. The van der Waals surface area contributed by atoms with Crippen LogP contribution in [0, 0.1) is 6.92 Å². The van der Waals surface area contributed by atoms with Gasteiger partial charge in [0, 0.05) is 16.8 Å². The largest absolute Gasteiger partial charge is 0.495 e. The minimum Gasteiger partial charge on any atom is -0.495 e. The Labute approximate surface area is 162 Å². The SMILES string of the molecule is COc1cc(Nc2ncnc3cc(C)c(P(C)(C)=O)cc23)c(Cl)cc1Cl. The number of hydrogen-bond acceptors (Lipinski definition) is 5. The summed E-state index contributed by atoms with van der Waals surface area (Å²) in [5.74, 6) is 1.07.